The van der Waals surface area contributed by atoms with Crippen molar-refractivity contribution in [2.75, 3.05) is 6.54 Å². The number of amides is 1. The van der Waals surface area contributed by atoms with Gasteiger partial charge in [0.05, 0.1) is 6.04 Å². The summed E-state index contributed by atoms with van der Waals surface area (Å²) in [5, 5.41) is 2.91. The molecule has 1 aromatic rings. The molecule has 1 rings (SSSR count). The van der Waals surface area contributed by atoms with Gasteiger partial charge < -0.3 is 11.1 Å². The van der Waals surface area contributed by atoms with Crippen molar-refractivity contribution in [3.8, 4) is 0 Å². The molecule has 1 unspecified atom stereocenters. The van der Waals surface area contributed by atoms with Gasteiger partial charge in [-0.05, 0) is 12.0 Å². The second-order valence-electron chi connectivity index (χ2n) is 4.98. The number of hydrogen-bond donors (Lipinski definition) is 2. The summed E-state index contributed by atoms with van der Waals surface area (Å²) in [4.78, 5) is 11.6. The highest BCUT2D eigenvalue weighted by Crippen LogP contribution is 2.21. The molecule has 3 nitrogen and oxygen atoms in total. The maximum absolute atomic E-state index is 11.6. The average molecular weight is 234 g/mol. The van der Waals surface area contributed by atoms with E-state index in [-0.39, 0.29) is 11.3 Å². The first-order valence-electron chi connectivity index (χ1n) is 6.06. The molecule has 0 saturated carbocycles. The Hall–Kier alpha value is -1.35. The van der Waals surface area contributed by atoms with Gasteiger partial charge in [-0.1, -0.05) is 51.1 Å². The molecule has 1 aromatic carbocycles. The normalized spacial score (nSPS) is 13.2. The topological polar surface area (TPSA) is 55.1 Å². The molecule has 0 aliphatic heterocycles. The van der Waals surface area contributed by atoms with Crippen LogP contribution in [0.25, 0.3) is 0 Å². The Kier molecular flexibility index (Phi) is 4.70. The molecule has 3 heteroatoms. The number of hydrogen-bond acceptors (Lipinski definition) is 2. The van der Waals surface area contributed by atoms with Crippen molar-refractivity contribution in [3.05, 3.63) is 35.9 Å². The molecule has 0 aromatic heterocycles. The summed E-state index contributed by atoms with van der Waals surface area (Å²) in [6.07, 6.45) is 0.664. The maximum atomic E-state index is 11.6. The molecular formula is C14H22N2O. The molecule has 0 bridgehead atoms. The quantitative estimate of drug-likeness (QED) is 0.816. The Morgan fingerprint density at radius 2 is 1.94 bits per heavy atom. The van der Waals surface area contributed by atoms with Gasteiger partial charge in [-0.25, -0.2) is 0 Å². The lowest BCUT2D eigenvalue weighted by atomic mass is 9.84. The zero-order chi connectivity index (χ0) is 12.9. The van der Waals surface area contributed by atoms with Gasteiger partial charge in [-0.15, -0.1) is 0 Å². The van der Waals surface area contributed by atoms with Gasteiger partial charge in [0, 0.05) is 12.0 Å². The van der Waals surface area contributed by atoms with Crippen LogP contribution in [0.1, 0.15) is 32.8 Å². The summed E-state index contributed by atoms with van der Waals surface area (Å²) in [5.74, 6) is -0.0727. The first-order chi connectivity index (χ1) is 7.97. The summed E-state index contributed by atoms with van der Waals surface area (Å²) in [7, 11) is 0. The first kappa shape index (κ1) is 13.7. The summed E-state index contributed by atoms with van der Waals surface area (Å²) in [6, 6.07) is 9.76. The summed E-state index contributed by atoms with van der Waals surface area (Å²) >= 11 is 0. The second kappa shape index (κ2) is 5.82. The Bertz CT molecular complexity index is 360. The van der Waals surface area contributed by atoms with Crippen LogP contribution in [0.2, 0.25) is 0 Å². The number of carbonyl (C=O) groups is 1. The van der Waals surface area contributed by atoms with Gasteiger partial charge in [0.25, 0.3) is 0 Å². The lowest BCUT2D eigenvalue weighted by Gasteiger charge is -2.26. The van der Waals surface area contributed by atoms with E-state index >= 15 is 0 Å². The van der Waals surface area contributed by atoms with Crippen molar-refractivity contribution < 1.29 is 4.79 Å². The largest absolute Gasteiger partial charge is 0.354 e. The van der Waals surface area contributed by atoms with Crippen molar-refractivity contribution in [2.24, 2.45) is 5.73 Å². The number of nitrogens with one attached hydrogen (secondary N) is 1. The van der Waals surface area contributed by atoms with E-state index in [0.29, 0.717) is 13.0 Å². The van der Waals surface area contributed by atoms with E-state index < -0.39 is 6.04 Å². The highest BCUT2D eigenvalue weighted by molar-refractivity contribution is 5.81. The summed E-state index contributed by atoms with van der Waals surface area (Å²) in [6.45, 7) is 6.73. The molecule has 0 heterocycles. The molecule has 0 saturated heterocycles. The predicted molar refractivity (Wildman–Crippen MR) is 70.7 cm³/mol. The zero-order valence-corrected chi connectivity index (χ0v) is 10.9. The maximum Gasteiger partial charge on any atom is 0.236 e. The average Bonchev–Trinajstić information content (AvgIpc) is 2.36. The third-order valence-electron chi connectivity index (χ3n) is 3.04. The monoisotopic (exact) mass is 234 g/mol. The summed E-state index contributed by atoms with van der Waals surface area (Å²) in [5.41, 5.74) is 6.81. The fraction of sp³-hybridized carbons (Fsp3) is 0.500. The van der Waals surface area contributed by atoms with Crippen molar-refractivity contribution in [2.45, 2.75) is 38.6 Å². The lowest BCUT2D eigenvalue weighted by molar-refractivity contribution is -0.122. The van der Waals surface area contributed by atoms with Crippen LogP contribution in [-0.4, -0.2) is 18.5 Å². The molecule has 17 heavy (non-hydrogen) atoms. The minimum atomic E-state index is -0.401. The lowest BCUT2D eigenvalue weighted by Crippen LogP contribution is -2.44. The number of rotatable bonds is 5. The van der Waals surface area contributed by atoms with Gasteiger partial charge in [-0.3, -0.25) is 4.79 Å². The van der Waals surface area contributed by atoms with E-state index in [1.807, 2.05) is 25.1 Å². The Balaban J connectivity index is 2.59. The molecule has 3 N–H and O–H groups in total. The summed E-state index contributed by atoms with van der Waals surface area (Å²) < 4.78 is 0. The molecule has 1 atom stereocenters. The van der Waals surface area contributed by atoms with Crippen LogP contribution >= 0.6 is 0 Å². The van der Waals surface area contributed by atoms with Crippen molar-refractivity contribution in [1.29, 1.82) is 0 Å². The molecule has 0 fully saturated rings. The molecule has 0 radical (unpaired) electrons. The van der Waals surface area contributed by atoms with Crippen LogP contribution in [0.3, 0.4) is 0 Å². The van der Waals surface area contributed by atoms with E-state index in [0.717, 1.165) is 0 Å². The number of benzene rings is 1. The third kappa shape index (κ3) is 3.86. The minimum Gasteiger partial charge on any atom is -0.354 e. The third-order valence-corrected chi connectivity index (χ3v) is 3.04. The molecule has 1 amide bonds. The highest BCUT2D eigenvalue weighted by Gasteiger charge is 2.22. The van der Waals surface area contributed by atoms with Gasteiger partial charge in [0.15, 0.2) is 0 Å². The molecule has 0 aliphatic carbocycles. The van der Waals surface area contributed by atoms with Gasteiger partial charge in [-0.2, -0.15) is 0 Å². The van der Waals surface area contributed by atoms with Crippen LogP contribution in [-0.2, 0) is 10.2 Å². The van der Waals surface area contributed by atoms with Crippen LogP contribution in [0.5, 0.6) is 0 Å². The van der Waals surface area contributed by atoms with Gasteiger partial charge in [0.2, 0.25) is 5.91 Å². The smallest absolute Gasteiger partial charge is 0.236 e. The second-order valence-corrected chi connectivity index (χ2v) is 4.98. The zero-order valence-electron chi connectivity index (χ0n) is 10.9. The van der Waals surface area contributed by atoms with Crippen LogP contribution in [0, 0.1) is 0 Å². The fourth-order valence-corrected chi connectivity index (χ4v) is 1.62. The van der Waals surface area contributed by atoms with Crippen molar-refractivity contribution in [1.82, 2.24) is 5.32 Å². The SMILES string of the molecule is CCC(N)C(=O)NCC(C)(C)c1ccccc1. The van der Waals surface area contributed by atoms with Crippen molar-refractivity contribution in [3.63, 3.8) is 0 Å². The van der Waals surface area contributed by atoms with Crippen molar-refractivity contribution >= 4 is 5.91 Å². The first-order valence-corrected chi connectivity index (χ1v) is 6.06. The van der Waals surface area contributed by atoms with Crippen LogP contribution < -0.4 is 11.1 Å². The highest BCUT2D eigenvalue weighted by atomic mass is 16.2. The van der Waals surface area contributed by atoms with E-state index in [1.165, 1.54) is 5.56 Å². The predicted octanol–water partition coefficient (Wildman–Crippen LogP) is 1.82. The molecular weight excluding hydrogens is 212 g/mol. The Morgan fingerprint density at radius 3 is 2.47 bits per heavy atom. The van der Waals surface area contributed by atoms with E-state index in [1.54, 1.807) is 0 Å². The molecule has 0 spiro atoms. The standard InChI is InChI=1S/C14H22N2O/c1-4-12(15)13(17)16-10-14(2,3)11-8-6-5-7-9-11/h5-9,12H,4,10,15H2,1-3H3,(H,16,17). The van der Waals surface area contributed by atoms with Gasteiger partial charge in [0.1, 0.15) is 0 Å². The minimum absolute atomic E-state index is 0.0727. The Labute approximate surface area is 103 Å². The van der Waals surface area contributed by atoms with E-state index in [9.17, 15) is 4.79 Å². The number of carbonyl (C=O) groups excluding carboxylic acids is 1. The van der Waals surface area contributed by atoms with Crippen LogP contribution in [0.4, 0.5) is 0 Å². The van der Waals surface area contributed by atoms with Gasteiger partial charge >= 0.3 is 0 Å². The molecule has 0 aliphatic rings. The fourth-order valence-electron chi connectivity index (χ4n) is 1.62. The number of nitrogens with two attached hydrogens (primary N) is 1. The van der Waals surface area contributed by atoms with E-state index in [2.05, 4.69) is 31.3 Å². The Morgan fingerprint density at radius 1 is 1.35 bits per heavy atom. The van der Waals surface area contributed by atoms with E-state index in [4.69, 9.17) is 5.73 Å². The van der Waals surface area contributed by atoms with Crippen LogP contribution in [0.15, 0.2) is 30.3 Å². The molecule has 94 valence electrons.